The van der Waals surface area contributed by atoms with Crippen molar-refractivity contribution < 1.29 is 14.3 Å². The second kappa shape index (κ2) is 10.0. The first-order chi connectivity index (χ1) is 13.6. The molecule has 144 valence electrons. The molecular weight excluding hydrogens is 456 g/mol. The van der Waals surface area contributed by atoms with Gasteiger partial charge in [-0.3, -0.25) is 4.79 Å². The van der Waals surface area contributed by atoms with Gasteiger partial charge in [0.1, 0.15) is 11.5 Å². The van der Waals surface area contributed by atoms with Crippen molar-refractivity contribution in [3.05, 3.63) is 82.8 Å². The van der Waals surface area contributed by atoms with Crippen molar-refractivity contribution in [2.75, 3.05) is 7.11 Å². The zero-order chi connectivity index (χ0) is 19.9. The first-order valence-electron chi connectivity index (χ1n) is 8.56. The number of thioether (sulfide) groups is 2. The van der Waals surface area contributed by atoms with E-state index < -0.39 is 0 Å². The number of carbonyl (C=O) groups excluding carboxylic acids is 1. The average molecular weight is 475 g/mol. The standard InChI is InChI=1S/C22H19BrO3S2/c1-15(24)26-20-14-16(25-2)13-19(21(20)23)22(27-17-9-5-3-6-10-17)28-18-11-7-4-8-12-18/h3-14,22H,1-2H3. The summed E-state index contributed by atoms with van der Waals surface area (Å²) in [6.07, 6.45) is 0. The van der Waals surface area contributed by atoms with E-state index in [2.05, 4.69) is 40.2 Å². The Balaban J connectivity index is 2.04. The van der Waals surface area contributed by atoms with Crippen molar-refractivity contribution in [1.82, 2.24) is 0 Å². The van der Waals surface area contributed by atoms with Crippen LogP contribution in [-0.2, 0) is 4.79 Å². The molecule has 3 rings (SSSR count). The van der Waals surface area contributed by atoms with Gasteiger partial charge < -0.3 is 9.47 Å². The number of esters is 1. The third-order valence-electron chi connectivity index (χ3n) is 3.76. The molecule has 0 aromatic heterocycles. The molecule has 0 spiro atoms. The van der Waals surface area contributed by atoms with E-state index in [1.54, 1.807) is 36.7 Å². The number of hydrogen-bond donors (Lipinski definition) is 0. The summed E-state index contributed by atoms with van der Waals surface area (Å²) in [6, 6.07) is 24.2. The van der Waals surface area contributed by atoms with Crippen LogP contribution >= 0.6 is 39.5 Å². The van der Waals surface area contributed by atoms with Crippen molar-refractivity contribution in [2.24, 2.45) is 0 Å². The van der Waals surface area contributed by atoms with Crippen LogP contribution in [0, 0.1) is 0 Å². The summed E-state index contributed by atoms with van der Waals surface area (Å²) >= 11 is 7.11. The van der Waals surface area contributed by atoms with E-state index >= 15 is 0 Å². The molecule has 3 aromatic carbocycles. The number of carbonyl (C=O) groups is 1. The van der Waals surface area contributed by atoms with Crippen molar-refractivity contribution in [1.29, 1.82) is 0 Å². The Morgan fingerprint density at radius 3 is 1.93 bits per heavy atom. The molecular formula is C22H19BrO3S2. The molecule has 0 radical (unpaired) electrons. The van der Waals surface area contributed by atoms with E-state index in [1.165, 1.54) is 6.92 Å². The Morgan fingerprint density at radius 1 is 0.929 bits per heavy atom. The fourth-order valence-corrected chi connectivity index (χ4v) is 5.96. The molecule has 0 aliphatic carbocycles. The lowest BCUT2D eigenvalue weighted by Crippen LogP contribution is -2.04. The van der Waals surface area contributed by atoms with E-state index in [-0.39, 0.29) is 10.6 Å². The fourth-order valence-electron chi connectivity index (χ4n) is 2.51. The summed E-state index contributed by atoms with van der Waals surface area (Å²) in [7, 11) is 1.61. The quantitative estimate of drug-likeness (QED) is 0.160. The van der Waals surface area contributed by atoms with Crippen molar-refractivity contribution in [3.63, 3.8) is 0 Å². The molecule has 3 aromatic rings. The van der Waals surface area contributed by atoms with Crippen LogP contribution in [0.5, 0.6) is 11.5 Å². The number of halogens is 1. The second-order valence-corrected chi connectivity index (χ2v) is 9.26. The highest BCUT2D eigenvalue weighted by Gasteiger charge is 2.22. The number of methoxy groups -OCH3 is 1. The van der Waals surface area contributed by atoms with Crippen LogP contribution in [0.1, 0.15) is 17.1 Å². The molecule has 0 unspecified atom stereocenters. The molecule has 0 N–H and O–H groups in total. The van der Waals surface area contributed by atoms with E-state index in [4.69, 9.17) is 9.47 Å². The molecule has 0 atom stereocenters. The number of hydrogen-bond acceptors (Lipinski definition) is 5. The van der Waals surface area contributed by atoms with Crippen LogP contribution in [0.3, 0.4) is 0 Å². The Morgan fingerprint density at radius 2 is 1.46 bits per heavy atom. The summed E-state index contributed by atoms with van der Waals surface area (Å²) in [4.78, 5) is 13.8. The lowest BCUT2D eigenvalue weighted by Gasteiger charge is -2.20. The minimum Gasteiger partial charge on any atom is -0.497 e. The lowest BCUT2D eigenvalue weighted by atomic mass is 10.2. The maximum atomic E-state index is 11.5. The molecule has 0 bridgehead atoms. The van der Waals surface area contributed by atoms with Crippen molar-refractivity contribution in [2.45, 2.75) is 21.3 Å². The number of rotatable bonds is 7. The van der Waals surface area contributed by atoms with E-state index in [0.29, 0.717) is 11.5 Å². The van der Waals surface area contributed by atoms with Gasteiger partial charge in [0.25, 0.3) is 0 Å². The molecule has 6 heteroatoms. The molecule has 0 aliphatic heterocycles. The van der Waals surface area contributed by atoms with Crippen molar-refractivity contribution in [3.8, 4) is 11.5 Å². The molecule has 0 aliphatic rings. The third-order valence-corrected chi connectivity index (χ3v) is 7.21. The third kappa shape index (κ3) is 5.56. The lowest BCUT2D eigenvalue weighted by molar-refractivity contribution is -0.131. The maximum absolute atomic E-state index is 11.5. The van der Waals surface area contributed by atoms with Gasteiger partial charge in [-0.2, -0.15) is 0 Å². The topological polar surface area (TPSA) is 35.5 Å². The van der Waals surface area contributed by atoms with Gasteiger partial charge in [-0.1, -0.05) is 36.4 Å². The monoisotopic (exact) mass is 474 g/mol. The van der Waals surface area contributed by atoms with Gasteiger partial charge in [0, 0.05) is 22.8 Å². The number of benzene rings is 3. The Bertz CT molecular complexity index is 892. The van der Waals surface area contributed by atoms with Gasteiger partial charge in [-0.05, 0) is 51.8 Å². The predicted molar refractivity (Wildman–Crippen MR) is 119 cm³/mol. The van der Waals surface area contributed by atoms with Crippen LogP contribution in [0.15, 0.2) is 87.1 Å². The highest BCUT2D eigenvalue weighted by Crippen LogP contribution is 2.51. The fraction of sp³-hybridized carbons (Fsp3) is 0.136. The van der Waals surface area contributed by atoms with E-state index in [9.17, 15) is 4.79 Å². The predicted octanol–water partition coefficient (Wildman–Crippen LogP) is 6.97. The molecule has 0 saturated heterocycles. The summed E-state index contributed by atoms with van der Waals surface area (Å²) in [5.41, 5.74) is 0.985. The summed E-state index contributed by atoms with van der Waals surface area (Å²) in [5.74, 6) is 0.721. The highest BCUT2D eigenvalue weighted by molar-refractivity contribution is 9.10. The first-order valence-corrected chi connectivity index (χ1v) is 11.1. The summed E-state index contributed by atoms with van der Waals surface area (Å²) < 4.78 is 11.6. The van der Waals surface area contributed by atoms with E-state index in [1.807, 2.05) is 42.5 Å². The minimum absolute atomic E-state index is 0.0172. The average Bonchev–Trinajstić information content (AvgIpc) is 2.70. The van der Waals surface area contributed by atoms with Crippen LogP contribution in [0.25, 0.3) is 0 Å². The van der Waals surface area contributed by atoms with Gasteiger partial charge in [0.2, 0.25) is 0 Å². The Labute approximate surface area is 182 Å². The molecule has 0 amide bonds. The SMILES string of the molecule is COc1cc(OC(C)=O)c(Br)c(C(Sc2ccccc2)Sc2ccccc2)c1. The largest absolute Gasteiger partial charge is 0.497 e. The Kier molecular flexibility index (Phi) is 7.48. The van der Waals surface area contributed by atoms with Crippen molar-refractivity contribution >= 4 is 45.4 Å². The normalized spacial score (nSPS) is 10.7. The minimum atomic E-state index is -0.372. The first kappa shape index (κ1) is 20.8. The summed E-state index contributed by atoms with van der Waals surface area (Å²) in [6.45, 7) is 1.39. The van der Waals surface area contributed by atoms with Crippen LogP contribution in [0.2, 0.25) is 0 Å². The Hall–Kier alpha value is -1.89. The number of ether oxygens (including phenoxy) is 2. The zero-order valence-corrected chi connectivity index (χ0v) is 18.6. The molecule has 0 saturated carbocycles. The second-order valence-electron chi connectivity index (χ2n) is 5.82. The van der Waals surface area contributed by atoms with Gasteiger partial charge >= 0.3 is 5.97 Å². The zero-order valence-electron chi connectivity index (χ0n) is 15.4. The van der Waals surface area contributed by atoms with Crippen LogP contribution in [-0.4, -0.2) is 13.1 Å². The van der Waals surface area contributed by atoms with E-state index in [0.717, 1.165) is 19.8 Å². The highest BCUT2D eigenvalue weighted by atomic mass is 79.9. The smallest absolute Gasteiger partial charge is 0.308 e. The van der Waals surface area contributed by atoms with Gasteiger partial charge in [-0.25, -0.2) is 0 Å². The molecule has 28 heavy (non-hydrogen) atoms. The molecule has 3 nitrogen and oxygen atoms in total. The summed E-state index contributed by atoms with van der Waals surface area (Å²) in [5, 5.41) is 0. The van der Waals surface area contributed by atoms with Crippen LogP contribution < -0.4 is 9.47 Å². The van der Waals surface area contributed by atoms with Gasteiger partial charge in [0.05, 0.1) is 16.2 Å². The van der Waals surface area contributed by atoms with Gasteiger partial charge in [0.15, 0.2) is 0 Å². The van der Waals surface area contributed by atoms with Crippen LogP contribution in [0.4, 0.5) is 0 Å². The molecule has 0 heterocycles. The van der Waals surface area contributed by atoms with Gasteiger partial charge in [-0.15, -0.1) is 23.5 Å². The molecule has 0 fully saturated rings. The maximum Gasteiger partial charge on any atom is 0.308 e.